The first-order chi connectivity index (χ1) is 10.1. The van der Waals surface area contributed by atoms with Gasteiger partial charge in [0.15, 0.2) is 0 Å². The molecule has 1 aromatic carbocycles. The molecule has 1 unspecified atom stereocenters. The van der Waals surface area contributed by atoms with Gasteiger partial charge < -0.3 is 15.2 Å². The molecule has 2 rings (SSSR count). The third kappa shape index (κ3) is 4.44. The van der Waals surface area contributed by atoms with E-state index < -0.39 is 0 Å². The molecular formula is C16H22N2O2S. The van der Waals surface area contributed by atoms with Gasteiger partial charge in [-0.3, -0.25) is 0 Å². The molecular weight excluding hydrogens is 284 g/mol. The summed E-state index contributed by atoms with van der Waals surface area (Å²) in [5.74, 6) is 1.67. The molecule has 1 atom stereocenters. The third-order valence-corrected chi connectivity index (χ3v) is 4.13. The zero-order valence-electron chi connectivity index (χ0n) is 12.8. The number of nitrogens with zero attached hydrogens (tertiary/aromatic N) is 1. The van der Waals surface area contributed by atoms with Gasteiger partial charge in [-0.15, -0.1) is 11.3 Å². The van der Waals surface area contributed by atoms with Crippen LogP contribution < -0.4 is 15.2 Å². The first kappa shape index (κ1) is 15.8. The summed E-state index contributed by atoms with van der Waals surface area (Å²) in [5.41, 5.74) is 7.94. The number of methoxy groups -OCH3 is 1. The van der Waals surface area contributed by atoms with Crippen LogP contribution in [0, 0.1) is 0 Å². The topological polar surface area (TPSA) is 57.4 Å². The molecule has 0 aliphatic rings. The Labute approximate surface area is 129 Å². The number of ether oxygens (including phenoxy) is 2. The van der Waals surface area contributed by atoms with Gasteiger partial charge >= 0.3 is 0 Å². The molecule has 1 heterocycles. The molecule has 2 aromatic rings. The number of rotatable bonds is 7. The lowest BCUT2D eigenvalue weighted by atomic mass is 10.1. The van der Waals surface area contributed by atoms with Crippen molar-refractivity contribution in [3.8, 4) is 11.5 Å². The van der Waals surface area contributed by atoms with E-state index in [-0.39, 0.29) is 6.04 Å². The Hall–Kier alpha value is -1.59. The summed E-state index contributed by atoms with van der Waals surface area (Å²) in [5, 5.41) is 3.19. The van der Waals surface area contributed by atoms with Crippen molar-refractivity contribution in [1.29, 1.82) is 0 Å². The monoisotopic (exact) mass is 306 g/mol. The van der Waals surface area contributed by atoms with Crippen LogP contribution in [0.15, 0.2) is 23.6 Å². The Morgan fingerprint density at radius 3 is 2.81 bits per heavy atom. The van der Waals surface area contributed by atoms with Gasteiger partial charge in [-0.05, 0) is 43.5 Å². The van der Waals surface area contributed by atoms with E-state index in [0.717, 1.165) is 40.6 Å². The van der Waals surface area contributed by atoms with E-state index >= 15 is 0 Å². The highest BCUT2D eigenvalue weighted by atomic mass is 32.1. The van der Waals surface area contributed by atoms with Crippen LogP contribution in [0.1, 0.15) is 30.1 Å². The van der Waals surface area contributed by atoms with E-state index in [1.54, 1.807) is 18.4 Å². The van der Waals surface area contributed by atoms with E-state index in [2.05, 4.69) is 11.9 Å². The SMILES string of the molecule is CCc1nc(COc2ccc(OC)cc2CC(C)N)cs1. The van der Waals surface area contributed by atoms with Crippen LogP contribution in [-0.2, 0) is 19.4 Å². The van der Waals surface area contributed by atoms with Crippen molar-refractivity contribution in [2.45, 2.75) is 39.3 Å². The highest BCUT2D eigenvalue weighted by Gasteiger charge is 2.09. The fourth-order valence-corrected chi connectivity index (χ4v) is 2.79. The number of aromatic nitrogens is 1. The van der Waals surface area contributed by atoms with E-state index in [4.69, 9.17) is 15.2 Å². The number of nitrogens with two attached hydrogens (primary N) is 1. The zero-order chi connectivity index (χ0) is 15.2. The van der Waals surface area contributed by atoms with Crippen LogP contribution in [0.4, 0.5) is 0 Å². The molecule has 0 fully saturated rings. The minimum Gasteiger partial charge on any atom is -0.497 e. The van der Waals surface area contributed by atoms with E-state index in [1.807, 2.05) is 30.5 Å². The number of hydrogen-bond donors (Lipinski definition) is 1. The Morgan fingerprint density at radius 1 is 1.38 bits per heavy atom. The number of thiazole rings is 1. The second-order valence-corrected chi connectivity index (χ2v) is 5.97. The molecule has 114 valence electrons. The molecule has 0 spiro atoms. The Bertz CT molecular complexity index is 581. The minimum absolute atomic E-state index is 0.0745. The summed E-state index contributed by atoms with van der Waals surface area (Å²) in [6.07, 6.45) is 1.72. The molecule has 21 heavy (non-hydrogen) atoms. The fraction of sp³-hybridized carbons (Fsp3) is 0.438. The lowest BCUT2D eigenvalue weighted by Gasteiger charge is -2.14. The second-order valence-electron chi connectivity index (χ2n) is 5.03. The number of hydrogen-bond acceptors (Lipinski definition) is 5. The maximum Gasteiger partial charge on any atom is 0.131 e. The van der Waals surface area contributed by atoms with Gasteiger partial charge in [-0.1, -0.05) is 6.92 Å². The van der Waals surface area contributed by atoms with Crippen LogP contribution in [0.2, 0.25) is 0 Å². The average molecular weight is 306 g/mol. The molecule has 4 nitrogen and oxygen atoms in total. The van der Waals surface area contributed by atoms with Gasteiger partial charge in [0.2, 0.25) is 0 Å². The molecule has 0 saturated carbocycles. The summed E-state index contributed by atoms with van der Waals surface area (Å²) >= 11 is 1.67. The summed E-state index contributed by atoms with van der Waals surface area (Å²) in [6, 6.07) is 5.89. The molecule has 0 saturated heterocycles. The van der Waals surface area contributed by atoms with Crippen molar-refractivity contribution < 1.29 is 9.47 Å². The van der Waals surface area contributed by atoms with Crippen molar-refractivity contribution in [1.82, 2.24) is 4.98 Å². The van der Waals surface area contributed by atoms with Gasteiger partial charge in [0.1, 0.15) is 18.1 Å². The summed E-state index contributed by atoms with van der Waals surface area (Å²) in [7, 11) is 1.66. The Balaban J connectivity index is 2.10. The van der Waals surface area contributed by atoms with E-state index in [1.165, 1.54) is 0 Å². The predicted octanol–water partition coefficient (Wildman–Crippen LogP) is 3.18. The molecule has 5 heteroatoms. The highest BCUT2D eigenvalue weighted by Crippen LogP contribution is 2.26. The molecule has 2 N–H and O–H groups in total. The lowest BCUT2D eigenvalue weighted by molar-refractivity contribution is 0.297. The fourth-order valence-electron chi connectivity index (χ4n) is 2.06. The summed E-state index contributed by atoms with van der Waals surface area (Å²) in [4.78, 5) is 4.51. The standard InChI is InChI=1S/C16H22N2O2S/c1-4-16-18-13(10-21-16)9-20-15-6-5-14(19-3)8-12(15)7-11(2)17/h5-6,8,10-11H,4,7,9,17H2,1-3H3. The van der Waals surface area contributed by atoms with Crippen LogP contribution in [0.3, 0.4) is 0 Å². The van der Waals surface area contributed by atoms with Crippen LogP contribution in [0.5, 0.6) is 11.5 Å². The predicted molar refractivity (Wildman–Crippen MR) is 86.2 cm³/mol. The van der Waals surface area contributed by atoms with Crippen LogP contribution in [0.25, 0.3) is 0 Å². The molecule has 0 aliphatic carbocycles. The number of aryl methyl sites for hydroxylation is 1. The van der Waals surface area contributed by atoms with Crippen molar-refractivity contribution in [2.24, 2.45) is 5.73 Å². The normalized spacial score (nSPS) is 12.2. The molecule has 1 aromatic heterocycles. The first-order valence-corrected chi connectivity index (χ1v) is 7.99. The summed E-state index contributed by atoms with van der Waals surface area (Å²) in [6.45, 7) is 4.57. The lowest BCUT2D eigenvalue weighted by Crippen LogP contribution is -2.18. The summed E-state index contributed by atoms with van der Waals surface area (Å²) < 4.78 is 11.2. The molecule has 0 radical (unpaired) electrons. The average Bonchev–Trinajstić information content (AvgIpc) is 2.93. The third-order valence-electron chi connectivity index (χ3n) is 3.09. The zero-order valence-corrected chi connectivity index (χ0v) is 13.6. The Morgan fingerprint density at radius 2 is 2.19 bits per heavy atom. The van der Waals surface area contributed by atoms with Gasteiger partial charge in [0.05, 0.1) is 17.8 Å². The van der Waals surface area contributed by atoms with Gasteiger partial charge in [0, 0.05) is 11.4 Å². The van der Waals surface area contributed by atoms with Crippen molar-refractivity contribution in [3.63, 3.8) is 0 Å². The van der Waals surface area contributed by atoms with Crippen molar-refractivity contribution in [2.75, 3.05) is 7.11 Å². The molecule has 0 aliphatic heterocycles. The quantitative estimate of drug-likeness (QED) is 0.853. The smallest absolute Gasteiger partial charge is 0.131 e. The molecule has 0 amide bonds. The maximum atomic E-state index is 5.91. The largest absolute Gasteiger partial charge is 0.497 e. The van der Waals surface area contributed by atoms with Gasteiger partial charge in [-0.25, -0.2) is 4.98 Å². The second kappa shape index (κ2) is 7.43. The van der Waals surface area contributed by atoms with Crippen LogP contribution >= 0.6 is 11.3 Å². The van der Waals surface area contributed by atoms with Gasteiger partial charge in [-0.2, -0.15) is 0 Å². The highest BCUT2D eigenvalue weighted by molar-refractivity contribution is 7.09. The molecule has 0 bridgehead atoms. The maximum absolute atomic E-state index is 5.91. The van der Waals surface area contributed by atoms with Crippen molar-refractivity contribution >= 4 is 11.3 Å². The Kier molecular flexibility index (Phi) is 5.59. The first-order valence-electron chi connectivity index (χ1n) is 7.11. The van der Waals surface area contributed by atoms with Gasteiger partial charge in [0.25, 0.3) is 0 Å². The minimum atomic E-state index is 0.0745. The van der Waals surface area contributed by atoms with E-state index in [9.17, 15) is 0 Å². The van der Waals surface area contributed by atoms with E-state index in [0.29, 0.717) is 6.61 Å². The number of benzene rings is 1. The van der Waals surface area contributed by atoms with Crippen molar-refractivity contribution in [3.05, 3.63) is 39.8 Å². The van der Waals surface area contributed by atoms with Crippen LogP contribution in [-0.4, -0.2) is 18.1 Å².